The van der Waals surface area contributed by atoms with Crippen molar-refractivity contribution in [3.63, 3.8) is 0 Å². The molecular formula is C34H37N3O9S. The average Bonchev–Trinajstić information content (AvgIpc) is 2.97. The number of phenolic OH excluding ortho intramolecular Hbond substituents is 1. The number of carbonyl (C=O) groups is 3. The molecule has 0 heterocycles. The van der Waals surface area contributed by atoms with Gasteiger partial charge in [0.05, 0.1) is 27.8 Å². The summed E-state index contributed by atoms with van der Waals surface area (Å²) < 4.78 is 25.5. The summed E-state index contributed by atoms with van der Waals surface area (Å²) in [4.78, 5) is 43.0. The van der Waals surface area contributed by atoms with Gasteiger partial charge in [-0.1, -0.05) is 29.5 Å². The molecule has 4 atom stereocenters. The van der Waals surface area contributed by atoms with Gasteiger partial charge in [-0.3, -0.25) is 19.3 Å². The number of aliphatic hydroxyl groups excluding tert-OH is 2. The summed E-state index contributed by atoms with van der Waals surface area (Å²) >= 11 is 0. The van der Waals surface area contributed by atoms with Gasteiger partial charge in [-0.15, -0.1) is 0 Å². The van der Waals surface area contributed by atoms with Crippen LogP contribution in [0.3, 0.4) is 0 Å². The number of aliphatic hydroxyl groups is 3. The molecule has 12 nitrogen and oxygen atoms in total. The standard InChI is InChI=1S/C34H37N3O9S/c1-17-9-11-20(12-10-17)47(45,46)13-7-6-8-18-16-23(36(2)3)21-14-19-15-22-27(37(4)5)30(40)26(33(35)43)32(42)34(22,44)31(41)24(19)29(39)25(21)28(18)38/h9-12,16,19,22,27,38-39,42,44H,7,13-15H2,1-5H3,(H2,35,43)/t19-,22-,27?,34-/m0/s1. The van der Waals surface area contributed by atoms with Gasteiger partial charge in [-0.2, -0.15) is 0 Å². The molecule has 3 aliphatic carbocycles. The summed E-state index contributed by atoms with van der Waals surface area (Å²) in [6, 6.07) is 6.90. The number of ketones is 2. The van der Waals surface area contributed by atoms with E-state index in [1.807, 2.05) is 6.92 Å². The molecule has 1 amide bonds. The van der Waals surface area contributed by atoms with Gasteiger partial charge in [-0.05, 0) is 63.5 Å². The SMILES string of the molecule is Cc1ccc(S(=O)(=O)CCC#Cc2cc(N(C)C)c3c(c2O)C(O)=C2C(=O)[C@]4(O)C(O)=C(C(N)=O)C(=O)C(N(C)C)[C@@H]4C[C@@H]2C3)cc1. The number of likely N-dealkylation sites (N-methyl/N-ethyl adjacent to an activating group) is 1. The number of fused-ring (bicyclic) bond motifs is 3. The summed E-state index contributed by atoms with van der Waals surface area (Å²) in [5, 5.41) is 45.9. The van der Waals surface area contributed by atoms with Crippen molar-refractivity contribution in [1.82, 2.24) is 4.90 Å². The van der Waals surface area contributed by atoms with E-state index in [2.05, 4.69) is 11.8 Å². The van der Waals surface area contributed by atoms with Crippen molar-refractivity contribution in [3.05, 3.63) is 69.5 Å². The Balaban J connectivity index is 1.59. The third kappa shape index (κ3) is 5.36. The molecule has 2 aromatic rings. The van der Waals surface area contributed by atoms with Gasteiger partial charge in [0.25, 0.3) is 5.91 Å². The maximum absolute atomic E-state index is 14.1. The average molecular weight is 664 g/mol. The normalized spacial score (nSPS) is 23.9. The van der Waals surface area contributed by atoms with Crippen LogP contribution in [0.4, 0.5) is 5.69 Å². The molecule has 1 fully saturated rings. The summed E-state index contributed by atoms with van der Waals surface area (Å²) in [6.07, 6.45) is 0.0418. The number of hydrogen-bond acceptors (Lipinski definition) is 11. The second-order valence-corrected chi connectivity index (χ2v) is 14.8. The van der Waals surface area contributed by atoms with Gasteiger partial charge < -0.3 is 31.1 Å². The number of nitrogens with two attached hydrogens (primary N) is 1. The fourth-order valence-corrected chi connectivity index (χ4v) is 8.15. The third-order valence-corrected chi connectivity index (χ3v) is 11.0. The van der Waals surface area contributed by atoms with E-state index < -0.39 is 73.6 Å². The molecule has 5 rings (SSSR count). The topological polar surface area (TPSA) is 199 Å². The van der Waals surface area contributed by atoms with Crippen LogP contribution in [0.5, 0.6) is 5.75 Å². The first kappa shape index (κ1) is 33.7. The van der Waals surface area contributed by atoms with E-state index in [9.17, 15) is 43.2 Å². The monoisotopic (exact) mass is 663 g/mol. The highest BCUT2D eigenvalue weighted by atomic mass is 32.2. The highest BCUT2D eigenvalue weighted by molar-refractivity contribution is 7.91. The number of rotatable bonds is 6. The number of primary amides is 1. The van der Waals surface area contributed by atoms with Crippen LogP contribution in [0.1, 0.15) is 35.1 Å². The van der Waals surface area contributed by atoms with E-state index in [1.54, 1.807) is 37.2 Å². The molecular weight excluding hydrogens is 626 g/mol. The second-order valence-electron chi connectivity index (χ2n) is 12.7. The summed E-state index contributed by atoms with van der Waals surface area (Å²) in [5.41, 5.74) is 3.44. The first-order chi connectivity index (χ1) is 21.9. The smallest absolute Gasteiger partial charge is 0.255 e. The Morgan fingerprint density at radius 2 is 1.72 bits per heavy atom. The van der Waals surface area contributed by atoms with Gasteiger partial charge in [0.15, 0.2) is 21.2 Å². The van der Waals surface area contributed by atoms with Crippen LogP contribution in [-0.2, 0) is 30.6 Å². The lowest BCUT2D eigenvalue weighted by atomic mass is 9.57. The number of hydrogen-bond donors (Lipinski definition) is 5. The van der Waals surface area contributed by atoms with Crippen LogP contribution in [0.15, 0.2) is 52.1 Å². The zero-order chi connectivity index (χ0) is 34.7. The lowest BCUT2D eigenvalue weighted by molar-refractivity contribution is -0.153. The Hall–Kier alpha value is -4.64. The van der Waals surface area contributed by atoms with E-state index in [4.69, 9.17) is 5.73 Å². The summed E-state index contributed by atoms with van der Waals surface area (Å²) in [5.74, 6) is -2.07. The van der Waals surface area contributed by atoms with E-state index >= 15 is 0 Å². The fraction of sp³-hybridized carbons (Fsp3) is 0.382. The minimum Gasteiger partial charge on any atom is -0.508 e. The number of nitrogens with zero attached hydrogens (tertiary/aromatic N) is 2. The number of carbonyl (C=O) groups excluding carboxylic acids is 3. The van der Waals surface area contributed by atoms with Crippen molar-refractivity contribution in [2.75, 3.05) is 38.8 Å². The van der Waals surface area contributed by atoms with Crippen LogP contribution in [0.25, 0.3) is 5.76 Å². The van der Waals surface area contributed by atoms with E-state index in [0.29, 0.717) is 11.3 Å². The molecule has 6 N–H and O–H groups in total. The highest BCUT2D eigenvalue weighted by Crippen LogP contribution is 2.54. The maximum Gasteiger partial charge on any atom is 0.255 e. The third-order valence-electron chi connectivity index (χ3n) is 9.28. The first-order valence-electron chi connectivity index (χ1n) is 14.9. The van der Waals surface area contributed by atoms with Crippen molar-refractivity contribution >= 4 is 38.8 Å². The Kier molecular flexibility index (Phi) is 8.51. The predicted molar refractivity (Wildman–Crippen MR) is 173 cm³/mol. The van der Waals surface area contributed by atoms with E-state index in [-0.39, 0.29) is 46.6 Å². The van der Waals surface area contributed by atoms with Crippen LogP contribution >= 0.6 is 0 Å². The lowest BCUT2D eigenvalue weighted by Crippen LogP contribution is -2.65. The second kappa shape index (κ2) is 11.9. The molecule has 2 aromatic carbocycles. The highest BCUT2D eigenvalue weighted by Gasteiger charge is 2.64. The Morgan fingerprint density at radius 1 is 1.09 bits per heavy atom. The number of Topliss-reactive ketones (excluding diaryl/α,β-unsaturated/α-hetero) is 2. The number of aromatic hydroxyl groups is 1. The largest absolute Gasteiger partial charge is 0.508 e. The summed E-state index contributed by atoms with van der Waals surface area (Å²) in [7, 11) is 2.96. The fourth-order valence-electron chi connectivity index (χ4n) is 6.99. The van der Waals surface area contributed by atoms with Crippen molar-refractivity contribution in [3.8, 4) is 17.6 Å². The molecule has 0 bridgehead atoms. The number of sulfone groups is 1. The van der Waals surface area contributed by atoms with Crippen LogP contribution in [-0.4, -0.2) is 96.8 Å². The molecule has 1 unspecified atom stereocenters. The van der Waals surface area contributed by atoms with E-state index in [0.717, 1.165) is 5.56 Å². The lowest BCUT2D eigenvalue weighted by Gasteiger charge is -2.50. The Labute approximate surface area is 272 Å². The number of benzene rings is 2. The van der Waals surface area contributed by atoms with Crippen molar-refractivity contribution < 1.29 is 43.2 Å². The van der Waals surface area contributed by atoms with E-state index in [1.165, 1.54) is 31.1 Å². The van der Waals surface area contributed by atoms with Crippen molar-refractivity contribution in [2.45, 2.75) is 42.7 Å². The van der Waals surface area contributed by atoms with Gasteiger partial charge >= 0.3 is 0 Å². The maximum atomic E-state index is 14.1. The number of anilines is 1. The van der Waals surface area contributed by atoms with Crippen LogP contribution in [0, 0.1) is 30.6 Å². The number of amides is 1. The zero-order valence-electron chi connectivity index (χ0n) is 26.7. The zero-order valence-corrected chi connectivity index (χ0v) is 27.5. The minimum absolute atomic E-state index is 0.0313. The molecule has 0 aromatic heterocycles. The number of phenols is 1. The summed E-state index contributed by atoms with van der Waals surface area (Å²) in [6.45, 7) is 1.85. The van der Waals surface area contributed by atoms with Crippen LogP contribution in [0.2, 0.25) is 0 Å². The Bertz CT molecular complexity index is 1950. The molecule has 0 saturated heterocycles. The molecule has 47 heavy (non-hydrogen) atoms. The predicted octanol–water partition coefficient (Wildman–Crippen LogP) is 1.55. The van der Waals surface area contributed by atoms with Gasteiger partial charge in [0.1, 0.15) is 22.8 Å². The molecule has 1 saturated carbocycles. The number of aryl methyl sites for hydroxylation is 1. The molecule has 3 aliphatic rings. The van der Waals surface area contributed by atoms with Gasteiger partial charge in [-0.25, -0.2) is 8.42 Å². The quantitative estimate of drug-likeness (QED) is 0.222. The minimum atomic E-state index is -3.61. The van der Waals surface area contributed by atoms with Crippen molar-refractivity contribution in [1.29, 1.82) is 0 Å². The first-order valence-corrected chi connectivity index (χ1v) is 16.6. The Morgan fingerprint density at radius 3 is 2.30 bits per heavy atom. The van der Waals surface area contributed by atoms with Gasteiger partial charge in [0.2, 0.25) is 5.78 Å². The molecule has 0 aliphatic heterocycles. The molecule has 248 valence electrons. The van der Waals surface area contributed by atoms with Gasteiger partial charge in [0, 0.05) is 37.7 Å². The molecule has 13 heteroatoms. The molecule has 0 spiro atoms. The van der Waals surface area contributed by atoms with Crippen LogP contribution < -0.4 is 10.6 Å². The molecule has 0 radical (unpaired) electrons. The van der Waals surface area contributed by atoms with Crippen molar-refractivity contribution in [2.24, 2.45) is 17.6 Å².